The van der Waals surface area contributed by atoms with Crippen molar-refractivity contribution < 1.29 is 19.2 Å². The summed E-state index contributed by atoms with van der Waals surface area (Å²) in [5.41, 5.74) is -0.00819. The van der Waals surface area contributed by atoms with Gasteiger partial charge in [-0.25, -0.2) is 0 Å². The summed E-state index contributed by atoms with van der Waals surface area (Å²) in [5, 5.41) is 10.0. The van der Waals surface area contributed by atoms with Crippen molar-refractivity contribution in [2.45, 2.75) is 17.1 Å². The molecule has 0 spiro atoms. The molecule has 0 N–H and O–H groups in total. The third-order valence-corrected chi connectivity index (χ3v) is 3.62. The zero-order valence-electron chi connectivity index (χ0n) is 11.9. The molecule has 1 atom stereocenters. The number of carbonyl (C=O) groups is 2. The summed E-state index contributed by atoms with van der Waals surface area (Å²) in [6.45, 7) is 1.35. The second-order valence-corrected chi connectivity index (χ2v) is 5.82. The molecule has 21 heavy (non-hydrogen) atoms. The van der Waals surface area contributed by atoms with E-state index in [4.69, 9.17) is 4.74 Å². The Morgan fingerprint density at radius 2 is 1.90 bits per heavy atom. The lowest BCUT2D eigenvalue weighted by atomic mass is 10.3. The van der Waals surface area contributed by atoms with Gasteiger partial charge in [0.15, 0.2) is 6.61 Å². The van der Waals surface area contributed by atoms with Crippen molar-refractivity contribution in [1.29, 1.82) is 0 Å². The molecule has 0 unspecified atom stereocenters. The van der Waals surface area contributed by atoms with E-state index in [1.54, 1.807) is 33.2 Å². The highest BCUT2D eigenvalue weighted by molar-refractivity contribution is 8.00. The fraction of sp³-hybridized carbons (Fsp3) is 0.385. The monoisotopic (exact) mass is 312 g/mol. The molecule has 0 saturated heterocycles. The van der Waals surface area contributed by atoms with Crippen molar-refractivity contribution in [3.63, 3.8) is 0 Å². The number of hydrogen-bond donors (Lipinski definition) is 0. The molecule has 0 aliphatic carbocycles. The van der Waals surface area contributed by atoms with Gasteiger partial charge in [0.05, 0.1) is 4.92 Å². The molecule has 7 nitrogen and oxygen atoms in total. The number of rotatable bonds is 6. The second-order valence-electron chi connectivity index (χ2n) is 4.41. The first-order valence-corrected chi connectivity index (χ1v) is 6.97. The zero-order valence-corrected chi connectivity index (χ0v) is 12.8. The van der Waals surface area contributed by atoms with Crippen LogP contribution in [0.25, 0.3) is 0 Å². The molecule has 0 saturated carbocycles. The standard InChI is InChI=1S/C13H16N2O5S/c1-9(13(17)20-8-12(16)14(2)3)21-11-6-4-10(5-7-11)15(18)19/h4-7,9H,8H2,1-3H3/t9-/m1/s1. The predicted octanol–water partition coefficient (Wildman–Crippen LogP) is 1.71. The molecule has 0 aliphatic heterocycles. The maximum atomic E-state index is 11.7. The Kier molecular flexibility index (Phi) is 6.16. The summed E-state index contributed by atoms with van der Waals surface area (Å²) < 4.78 is 4.90. The lowest BCUT2D eigenvalue weighted by molar-refractivity contribution is -0.384. The van der Waals surface area contributed by atoms with Gasteiger partial charge in [0.2, 0.25) is 0 Å². The van der Waals surface area contributed by atoms with Gasteiger partial charge in [-0.15, -0.1) is 11.8 Å². The van der Waals surface area contributed by atoms with Gasteiger partial charge >= 0.3 is 5.97 Å². The number of benzene rings is 1. The van der Waals surface area contributed by atoms with E-state index in [9.17, 15) is 19.7 Å². The van der Waals surface area contributed by atoms with Crippen molar-refractivity contribution in [1.82, 2.24) is 4.90 Å². The first kappa shape index (κ1) is 17.0. The fourth-order valence-corrected chi connectivity index (χ4v) is 2.14. The summed E-state index contributed by atoms with van der Waals surface area (Å²) in [5.74, 6) is -0.801. The van der Waals surface area contributed by atoms with Crippen LogP contribution in [0.1, 0.15) is 6.92 Å². The summed E-state index contributed by atoms with van der Waals surface area (Å²) in [6.07, 6.45) is 0. The zero-order chi connectivity index (χ0) is 16.0. The first-order chi connectivity index (χ1) is 9.81. The van der Waals surface area contributed by atoms with Gasteiger partial charge in [0, 0.05) is 31.1 Å². The Hall–Kier alpha value is -2.09. The number of hydrogen-bond acceptors (Lipinski definition) is 6. The van der Waals surface area contributed by atoms with E-state index in [1.165, 1.54) is 28.8 Å². The number of carbonyl (C=O) groups excluding carboxylic acids is 2. The van der Waals surface area contributed by atoms with Gasteiger partial charge in [-0.3, -0.25) is 19.7 Å². The molecule has 1 rings (SSSR count). The van der Waals surface area contributed by atoms with Crippen LogP contribution in [-0.4, -0.2) is 47.7 Å². The van der Waals surface area contributed by atoms with Crippen LogP contribution in [0.3, 0.4) is 0 Å². The number of amides is 1. The summed E-state index contributed by atoms with van der Waals surface area (Å²) in [7, 11) is 3.15. The molecule has 1 aromatic rings. The second kappa shape index (κ2) is 7.63. The lowest BCUT2D eigenvalue weighted by Gasteiger charge is -2.13. The number of non-ortho nitro benzene ring substituents is 1. The van der Waals surface area contributed by atoms with E-state index in [2.05, 4.69) is 0 Å². The predicted molar refractivity (Wildman–Crippen MR) is 78.1 cm³/mol. The molecule has 1 amide bonds. The van der Waals surface area contributed by atoms with E-state index >= 15 is 0 Å². The molecule has 0 heterocycles. The summed E-state index contributed by atoms with van der Waals surface area (Å²) in [6, 6.07) is 5.88. The van der Waals surface area contributed by atoms with E-state index in [0.29, 0.717) is 4.90 Å². The van der Waals surface area contributed by atoms with E-state index in [-0.39, 0.29) is 18.2 Å². The van der Waals surface area contributed by atoms with Crippen molar-refractivity contribution in [2.75, 3.05) is 20.7 Å². The Labute approximate surface area is 126 Å². The highest BCUT2D eigenvalue weighted by Gasteiger charge is 2.18. The van der Waals surface area contributed by atoms with E-state index in [0.717, 1.165) is 0 Å². The molecule has 0 bridgehead atoms. The number of nitrogens with zero attached hydrogens (tertiary/aromatic N) is 2. The molecular weight excluding hydrogens is 296 g/mol. The van der Waals surface area contributed by atoms with Gasteiger partial charge in [0.1, 0.15) is 5.25 Å². The molecular formula is C13H16N2O5S. The smallest absolute Gasteiger partial charge is 0.319 e. The SMILES string of the molecule is C[C@@H](Sc1ccc([N+](=O)[O-])cc1)C(=O)OCC(=O)N(C)C. The van der Waals surface area contributed by atoms with Gasteiger partial charge in [0.25, 0.3) is 11.6 Å². The average molecular weight is 312 g/mol. The molecule has 0 fully saturated rings. The molecule has 8 heteroatoms. The maximum absolute atomic E-state index is 11.7. The Morgan fingerprint density at radius 3 is 2.38 bits per heavy atom. The van der Waals surface area contributed by atoms with Crippen LogP contribution in [0.4, 0.5) is 5.69 Å². The molecule has 1 aromatic carbocycles. The summed E-state index contributed by atoms with van der Waals surface area (Å²) in [4.78, 5) is 35.1. The lowest BCUT2D eigenvalue weighted by Crippen LogP contribution is -2.29. The van der Waals surface area contributed by atoms with Gasteiger partial charge < -0.3 is 9.64 Å². The first-order valence-electron chi connectivity index (χ1n) is 6.09. The number of nitro benzene ring substituents is 1. The van der Waals surface area contributed by atoms with Crippen LogP contribution in [0.5, 0.6) is 0 Å². The molecule has 0 aliphatic rings. The quantitative estimate of drug-likeness (QED) is 0.344. The van der Waals surface area contributed by atoms with Crippen LogP contribution in [-0.2, 0) is 14.3 Å². The number of esters is 1. The van der Waals surface area contributed by atoms with Crippen molar-refractivity contribution >= 4 is 29.3 Å². The van der Waals surface area contributed by atoms with Crippen molar-refractivity contribution in [3.8, 4) is 0 Å². The molecule has 0 aromatic heterocycles. The molecule has 114 valence electrons. The van der Waals surface area contributed by atoms with Crippen LogP contribution in [0.15, 0.2) is 29.2 Å². The Bertz CT molecular complexity index is 530. The highest BCUT2D eigenvalue weighted by atomic mass is 32.2. The third kappa shape index (κ3) is 5.42. The van der Waals surface area contributed by atoms with Crippen LogP contribution >= 0.6 is 11.8 Å². The maximum Gasteiger partial charge on any atom is 0.319 e. The highest BCUT2D eigenvalue weighted by Crippen LogP contribution is 2.25. The average Bonchev–Trinajstić information content (AvgIpc) is 2.44. The normalized spacial score (nSPS) is 11.6. The topological polar surface area (TPSA) is 89.7 Å². The Morgan fingerprint density at radius 1 is 1.33 bits per heavy atom. The minimum Gasteiger partial charge on any atom is -0.455 e. The van der Waals surface area contributed by atoms with Gasteiger partial charge in [-0.1, -0.05) is 0 Å². The van der Waals surface area contributed by atoms with Crippen LogP contribution in [0, 0.1) is 10.1 Å². The van der Waals surface area contributed by atoms with Gasteiger partial charge in [-0.05, 0) is 19.1 Å². The Balaban J connectivity index is 2.52. The van der Waals surface area contributed by atoms with E-state index < -0.39 is 16.1 Å². The van der Waals surface area contributed by atoms with E-state index in [1.807, 2.05) is 0 Å². The largest absolute Gasteiger partial charge is 0.455 e. The number of likely N-dealkylation sites (N-methyl/N-ethyl adjacent to an activating group) is 1. The van der Waals surface area contributed by atoms with Crippen molar-refractivity contribution in [2.24, 2.45) is 0 Å². The number of ether oxygens (including phenoxy) is 1. The fourth-order valence-electron chi connectivity index (χ4n) is 1.28. The number of nitro groups is 1. The van der Waals surface area contributed by atoms with Gasteiger partial charge in [-0.2, -0.15) is 0 Å². The third-order valence-electron chi connectivity index (χ3n) is 2.53. The molecule has 0 radical (unpaired) electrons. The summed E-state index contributed by atoms with van der Waals surface area (Å²) >= 11 is 1.21. The van der Waals surface area contributed by atoms with Crippen molar-refractivity contribution in [3.05, 3.63) is 34.4 Å². The van der Waals surface area contributed by atoms with Crippen LogP contribution in [0.2, 0.25) is 0 Å². The minimum atomic E-state index is -0.513. The van der Waals surface area contributed by atoms with Crippen LogP contribution < -0.4 is 0 Å². The minimum absolute atomic E-state index is 0.00819. The number of thioether (sulfide) groups is 1.